The fourth-order valence-corrected chi connectivity index (χ4v) is 3.17. The summed E-state index contributed by atoms with van der Waals surface area (Å²) in [5, 5.41) is 2.89. The molecular formula is C24H22N2O5. The Kier molecular flexibility index (Phi) is 5.75. The number of rotatable bonds is 7. The molecule has 0 atom stereocenters. The summed E-state index contributed by atoms with van der Waals surface area (Å²) in [6, 6.07) is 17.8. The van der Waals surface area contributed by atoms with E-state index in [9.17, 15) is 4.79 Å². The first-order valence-electron chi connectivity index (χ1n) is 9.78. The third-order valence-corrected chi connectivity index (χ3v) is 4.70. The number of hydrogen-bond acceptors (Lipinski definition) is 6. The second-order valence-electron chi connectivity index (χ2n) is 6.68. The molecule has 0 aliphatic heterocycles. The Bertz CT molecular complexity index is 1210. The molecule has 1 N–H and O–H groups in total. The number of carbonyl (C=O) groups is 1. The summed E-state index contributed by atoms with van der Waals surface area (Å²) in [7, 11) is 3.16. The van der Waals surface area contributed by atoms with Crippen molar-refractivity contribution in [1.82, 2.24) is 4.98 Å². The van der Waals surface area contributed by atoms with Crippen LogP contribution < -0.4 is 19.5 Å². The van der Waals surface area contributed by atoms with Gasteiger partial charge in [0.15, 0.2) is 17.1 Å². The standard InChI is InChI=1S/C24H22N2O5/c1-4-30-18-9-5-15(6-10-18)23(27)25-17-8-12-20-19(14-17)26-24(31-20)16-7-11-21(28-2)22(13-16)29-3/h5-14H,4H2,1-3H3,(H,25,27). The monoisotopic (exact) mass is 418 g/mol. The minimum absolute atomic E-state index is 0.217. The van der Waals surface area contributed by atoms with Crippen molar-refractivity contribution in [3.05, 3.63) is 66.2 Å². The zero-order valence-electron chi connectivity index (χ0n) is 17.5. The van der Waals surface area contributed by atoms with E-state index in [4.69, 9.17) is 18.6 Å². The number of fused-ring (bicyclic) bond motifs is 1. The molecule has 0 spiro atoms. The second-order valence-corrected chi connectivity index (χ2v) is 6.68. The normalized spacial score (nSPS) is 10.7. The first-order chi connectivity index (χ1) is 15.1. The van der Waals surface area contributed by atoms with Gasteiger partial charge in [-0.25, -0.2) is 4.98 Å². The van der Waals surface area contributed by atoms with Crippen molar-refractivity contribution >= 4 is 22.7 Å². The lowest BCUT2D eigenvalue weighted by atomic mass is 10.2. The predicted octanol–water partition coefficient (Wildman–Crippen LogP) is 5.16. The van der Waals surface area contributed by atoms with Crippen molar-refractivity contribution in [1.29, 1.82) is 0 Å². The molecule has 158 valence electrons. The number of amides is 1. The molecule has 4 rings (SSSR count). The van der Waals surface area contributed by atoms with Gasteiger partial charge in [-0.15, -0.1) is 0 Å². The molecule has 3 aromatic carbocycles. The van der Waals surface area contributed by atoms with Gasteiger partial charge in [0.25, 0.3) is 5.91 Å². The lowest BCUT2D eigenvalue weighted by molar-refractivity contribution is 0.102. The van der Waals surface area contributed by atoms with Crippen LogP contribution in [-0.4, -0.2) is 31.7 Å². The SMILES string of the molecule is CCOc1ccc(C(=O)Nc2ccc3oc(-c4ccc(OC)c(OC)c4)nc3c2)cc1. The largest absolute Gasteiger partial charge is 0.494 e. The number of methoxy groups -OCH3 is 2. The van der Waals surface area contributed by atoms with E-state index in [1.807, 2.05) is 13.0 Å². The van der Waals surface area contributed by atoms with Gasteiger partial charge in [-0.3, -0.25) is 4.79 Å². The number of nitrogens with zero attached hydrogens (tertiary/aromatic N) is 1. The lowest BCUT2D eigenvalue weighted by Gasteiger charge is -2.07. The van der Waals surface area contributed by atoms with Crippen LogP contribution in [0, 0.1) is 0 Å². The number of ether oxygens (including phenoxy) is 3. The Labute approximate surface area is 179 Å². The Morgan fingerprint density at radius 2 is 1.74 bits per heavy atom. The van der Waals surface area contributed by atoms with Crippen molar-refractivity contribution in [3.63, 3.8) is 0 Å². The maximum Gasteiger partial charge on any atom is 0.255 e. The molecule has 0 aliphatic rings. The van der Waals surface area contributed by atoms with Gasteiger partial charge in [0.05, 0.1) is 20.8 Å². The molecule has 0 saturated heterocycles. The van der Waals surface area contributed by atoms with Gasteiger partial charge in [0, 0.05) is 16.8 Å². The Hall–Kier alpha value is -4.00. The molecule has 0 radical (unpaired) electrons. The molecule has 0 aliphatic carbocycles. The molecule has 0 unspecified atom stereocenters. The van der Waals surface area contributed by atoms with Gasteiger partial charge in [0.1, 0.15) is 11.3 Å². The maximum atomic E-state index is 12.6. The minimum Gasteiger partial charge on any atom is -0.494 e. The summed E-state index contributed by atoms with van der Waals surface area (Å²) in [6.07, 6.45) is 0. The van der Waals surface area contributed by atoms with Crippen molar-refractivity contribution in [2.45, 2.75) is 6.92 Å². The van der Waals surface area contributed by atoms with Crippen LogP contribution in [0.5, 0.6) is 17.2 Å². The molecule has 31 heavy (non-hydrogen) atoms. The van der Waals surface area contributed by atoms with Crippen LogP contribution in [0.25, 0.3) is 22.6 Å². The van der Waals surface area contributed by atoms with Gasteiger partial charge in [-0.05, 0) is 67.6 Å². The number of nitrogens with one attached hydrogen (secondary N) is 1. The number of aromatic nitrogens is 1. The number of hydrogen-bond donors (Lipinski definition) is 1. The van der Waals surface area contributed by atoms with Gasteiger partial charge in [0.2, 0.25) is 5.89 Å². The van der Waals surface area contributed by atoms with E-state index in [2.05, 4.69) is 10.3 Å². The molecule has 0 fully saturated rings. The fourth-order valence-electron chi connectivity index (χ4n) is 3.17. The quantitative estimate of drug-likeness (QED) is 0.446. The van der Waals surface area contributed by atoms with Crippen molar-refractivity contribution in [3.8, 4) is 28.7 Å². The van der Waals surface area contributed by atoms with Crippen molar-refractivity contribution in [2.24, 2.45) is 0 Å². The van der Waals surface area contributed by atoms with Crippen molar-refractivity contribution in [2.75, 3.05) is 26.1 Å². The first-order valence-corrected chi connectivity index (χ1v) is 9.78. The van der Waals surface area contributed by atoms with E-state index in [1.54, 1.807) is 68.8 Å². The number of benzene rings is 3. The zero-order valence-corrected chi connectivity index (χ0v) is 17.5. The minimum atomic E-state index is -0.217. The predicted molar refractivity (Wildman–Crippen MR) is 118 cm³/mol. The average Bonchev–Trinajstić information content (AvgIpc) is 3.22. The molecular weight excluding hydrogens is 396 g/mol. The molecule has 1 aromatic heterocycles. The van der Waals surface area contributed by atoms with Crippen LogP contribution in [0.2, 0.25) is 0 Å². The van der Waals surface area contributed by atoms with E-state index >= 15 is 0 Å². The molecule has 1 amide bonds. The molecule has 0 bridgehead atoms. The van der Waals surface area contributed by atoms with E-state index in [0.29, 0.717) is 46.3 Å². The summed E-state index contributed by atoms with van der Waals surface area (Å²) in [6.45, 7) is 2.49. The van der Waals surface area contributed by atoms with E-state index in [0.717, 1.165) is 11.3 Å². The van der Waals surface area contributed by atoms with Crippen LogP contribution in [0.1, 0.15) is 17.3 Å². The number of oxazole rings is 1. The molecule has 7 nitrogen and oxygen atoms in total. The Morgan fingerprint density at radius 3 is 2.45 bits per heavy atom. The highest BCUT2D eigenvalue weighted by Gasteiger charge is 2.13. The highest BCUT2D eigenvalue weighted by Crippen LogP contribution is 2.33. The average molecular weight is 418 g/mol. The third-order valence-electron chi connectivity index (χ3n) is 4.70. The maximum absolute atomic E-state index is 12.6. The fraction of sp³-hybridized carbons (Fsp3) is 0.167. The van der Waals surface area contributed by atoms with Gasteiger partial charge >= 0.3 is 0 Å². The van der Waals surface area contributed by atoms with Crippen LogP contribution in [0.4, 0.5) is 5.69 Å². The smallest absolute Gasteiger partial charge is 0.255 e. The topological polar surface area (TPSA) is 82.8 Å². The van der Waals surface area contributed by atoms with Crippen LogP contribution in [0.15, 0.2) is 65.1 Å². The van der Waals surface area contributed by atoms with Crippen LogP contribution in [0.3, 0.4) is 0 Å². The van der Waals surface area contributed by atoms with E-state index in [-0.39, 0.29) is 5.91 Å². The van der Waals surface area contributed by atoms with Gasteiger partial charge in [-0.2, -0.15) is 0 Å². The summed E-state index contributed by atoms with van der Waals surface area (Å²) in [4.78, 5) is 17.1. The lowest BCUT2D eigenvalue weighted by Crippen LogP contribution is -2.11. The van der Waals surface area contributed by atoms with Crippen LogP contribution in [-0.2, 0) is 0 Å². The third kappa shape index (κ3) is 4.30. The number of anilines is 1. The first kappa shape index (κ1) is 20.3. The highest BCUT2D eigenvalue weighted by atomic mass is 16.5. The van der Waals surface area contributed by atoms with Gasteiger partial charge in [-0.1, -0.05) is 0 Å². The highest BCUT2D eigenvalue weighted by molar-refractivity contribution is 6.05. The molecule has 0 saturated carbocycles. The summed E-state index contributed by atoms with van der Waals surface area (Å²) in [5.41, 5.74) is 3.17. The Morgan fingerprint density at radius 1 is 0.968 bits per heavy atom. The Balaban J connectivity index is 1.55. The van der Waals surface area contributed by atoms with E-state index < -0.39 is 0 Å². The van der Waals surface area contributed by atoms with Crippen molar-refractivity contribution < 1.29 is 23.4 Å². The summed E-state index contributed by atoms with van der Waals surface area (Å²) < 4.78 is 21.9. The second kappa shape index (κ2) is 8.79. The molecule has 7 heteroatoms. The summed E-state index contributed by atoms with van der Waals surface area (Å²) in [5.74, 6) is 2.18. The molecule has 4 aromatic rings. The summed E-state index contributed by atoms with van der Waals surface area (Å²) >= 11 is 0. The van der Waals surface area contributed by atoms with E-state index in [1.165, 1.54) is 0 Å². The van der Waals surface area contributed by atoms with Crippen LogP contribution >= 0.6 is 0 Å². The zero-order chi connectivity index (χ0) is 21.8. The number of carbonyl (C=O) groups excluding carboxylic acids is 1. The van der Waals surface area contributed by atoms with Gasteiger partial charge < -0.3 is 23.9 Å². The molecule has 1 heterocycles.